The van der Waals surface area contributed by atoms with E-state index in [0.717, 1.165) is 4.57 Å². The van der Waals surface area contributed by atoms with Gasteiger partial charge in [-0.3, -0.25) is 9.36 Å². The van der Waals surface area contributed by atoms with Crippen molar-refractivity contribution in [2.75, 3.05) is 7.11 Å². The number of aromatic nitrogens is 1. The van der Waals surface area contributed by atoms with Crippen molar-refractivity contribution in [3.05, 3.63) is 172 Å². The second-order valence-electron chi connectivity index (χ2n) is 11.9. The van der Waals surface area contributed by atoms with Crippen LogP contribution in [0.2, 0.25) is 0 Å². The van der Waals surface area contributed by atoms with Crippen LogP contribution in [-0.4, -0.2) is 48.1 Å². The topological polar surface area (TPSA) is 156 Å². The molecule has 12 nitrogen and oxygen atoms in total. The summed E-state index contributed by atoms with van der Waals surface area (Å²) in [5, 5.41) is 10.4. The quantitative estimate of drug-likeness (QED) is 0.108. The normalized spacial score (nSPS) is 17.6. The summed E-state index contributed by atoms with van der Waals surface area (Å²) in [7, 11) is 1.51. The summed E-state index contributed by atoms with van der Waals surface area (Å²) in [4.78, 5) is 55.6. The third-order valence-corrected chi connectivity index (χ3v) is 8.67. The second-order valence-corrected chi connectivity index (χ2v) is 11.9. The van der Waals surface area contributed by atoms with Gasteiger partial charge in [0.15, 0.2) is 12.3 Å². The van der Waals surface area contributed by atoms with Gasteiger partial charge in [-0.15, -0.1) is 0 Å². The number of furan rings is 1. The first-order valence-corrected chi connectivity index (χ1v) is 16.7. The zero-order chi connectivity index (χ0) is 37.6. The number of carbonyl (C=O) groups is 3. The maximum absolute atomic E-state index is 14.7. The highest BCUT2D eigenvalue weighted by Gasteiger charge is 2.54. The minimum Gasteiger partial charge on any atom is -0.497 e. The first-order valence-electron chi connectivity index (χ1n) is 16.7. The molecule has 3 heterocycles. The van der Waals surface area contributed by atoms with Crippen LogP contribution in [0.1, 0.15) is 42.9 Å². The van der Waals surface area contributed by atoms with Crippen molar-refractivity contribution in [1.29, 1.82) is 5.26 Å². The SMILES string of the molecule is COc1ccc(-c2cc(-c3ccco3)c(C#N)c(=O)n2C2OC(OC(=O)c3ccccc3)C(OC(=O)c3ccccc3)C2OC(=O)c2ccccc2)cc1. The molecule has 54 heavy (non-hydrogen) atoms. The van der Waals surface area contributed by atoms with Crippen LogP contribution >= 0.6 is 0 Å². The molecule has 1 aliphatic rings. The molecule has 12 heteroatoms. The van der Waals surface area contributed by atoms with E-state index in [1.165, 1.54) is 49.8 Å². The van der Waals surface area contributed by atoms with Crippen LogP contribution in [0.15, 0.2) is 149 Å². The molecule has 0 bridgehead atoms. The van der Waals surface area contributed by atoms with E-state index in [2.05, 4.69) is 0 Å². The highest BCUT2D eigenvalue weighted by atomic mass is 16.8. The van der Waals surface area contributed by atoms with Crippen LogP contribution in [0.4, 0.5) is 0 Å². The summed E-state index contributed by atoms with van der Waals surface area (Å²) in [6.45, 7) is 0. The van der Waals surface area contributed by atoms with E-state index < -0.39 is 48.2 Å². The largest absolute Gasteiger partial charge is 0.497 e. The summed E-state index contributed by atoms with van der Waals surface area (Å²) in [6.07, 6.45) is -5.16. The number of methoxy groups -OCH3 is 1. The molecule has 0 amide bonds. The molecule has 4 atom stereocenters. The van der Waals surface area contributed by atoms with Crippen LogP contribution in [-0.2, 0) is 18.9 Å². The van der Waals surface area contributed by atoms with Gasteiger partial charge in [0.05, 0.1) is 35.8 Å². The van der Waals surface area contributed by atoms with Gasteiger partial charge in [-0.2, -0.15) is 5.26 Å². The lowest BCUT2D eigenvalue weighted by Crippen LogP contribution is -2.42. The van der Waals surface area contributed by atoms with Crippen molar-refractivity contribution in [1.82, 2.24) is 4.57 Å². The summed E-state index contributed by atoms with van der Waals surface area (Å²) < 4.78 is 36.3. The molecular weight excluding hydrogens is 692 g/mol. The highest BCUT2D eigenvalue weighted by molar-refractivity contribution is 5.91. The molecule has 0 aliphatic carbocycles. The number of nitrogens with zero attached hydrogens (tertiary/aromatic N) is 2. The summed E-state index contributed by atoms with van der Waals surface area (Å²) >= 11 is 0. The number of ether oxygens (including phenoxy) is 5. The van der Waals surface area contributed by atoms with Crippen molar-refractivity contribution in [3.8, 4) is 34.4 Å². The fraction of sp³-hybridized carbons (Fsp3) is 0.119. The predicted octanol–water partition coefficient (Wildman–Crippen LogP) is 6.82. The van der Waals surface area contributed by atoms with Gasteiger partial charge in [0.1, 0.15) is 23.1 Å². The van der Waals surface area contributed by atoms with E-state index in [1.54, 1.807) is 97.1 Å². The Labute approximate surface area is 308 Å². The zero-order valence-corrected chi connectivity index (χ0v) is 28.6. The Bertz CT molecular complexity index is 2370. The maximum atomic E-state index is 14.7. The molecule has 1 fully saturated rings. The van der Waals surface area contributed by atoms with E-state index in [9.17, 15) is 24.4 Å². The standard InChI is InChI=1S/C42H30N2O10/c1-49-30-21-19-26(20-22-30)33-24-31(34-18-11-23-50-34)32(25-43)37(45)44(33)38-35(51-39(46)27-12-5-2-6-13-27)36(52-40(47)28-14-7-3-8-15-28)42(53-38)54-41(48)29-16-9-4-10-17-29/h2-24,35-36,38,42H,1H3. The molecule has 0 N–H and O–H groups in total. The molecule has 268 valence electrons. The molecule has 0 saturated carbocycles. The number of esters is 3. The number of carbonyl (C=O) groups excluding carboxylic acids is 3. The van der Waals surface area contributed by atoms with Gasteiger partial charge in [-0.25, -0.2) is 14.4 Å². The third kappa shape index (κ3) is 7.12. The third-order valence-electron chi connectivity index (χ3n) is 8.67. The van der Waals surface area contributed by atoms with Crippen LogP contribution < -0.4 is 10.3 Å². The number of rotatable bonds is 10. The molecule has 1 aliphatic heterocycles. The summed E-state index contributed by atoms with van der Waals surface area (Å²) in [6, 6.07) is 37.5. The van der Waals surface area contributed by atoms with Gasteiger partial charge in [0, 0.05) is 5.56 Å². The van der Waals surface area contributed by atoms with E-state index in [0.29, 0.717) is 11.3 Å². The van der Waals surface area contributed by atoms with Crippen LogP contribution in [0.5, 0.6) is 5.75 Å². The molecule has 6 aromatic rings. The highest BCUT2D eigenvalue weighted by Crippen LogP contribution is 2.39. The first kappa shape index (κ1) is 35.2. The van der Waals surface area contributed by atoms with Crippen molar-refractivity contribution in [2.45, 2.75) is 24.7 Å². The summed E-state index contributed by atoms with van der Waals surface area (Å²) in [5.74, 6) is -1.77. The van der Waals surface area contributed by atoms with Gasteiger partial charge in [0.25, 0.3) is 5.56 Å². The molecule has 4 unspecified atom stereocenters. The van der Waals surface area contributed by atoms with E-state index >= 15 is 0 Å². The average molecular weight is 723 g/mol. The number of hydrogen-bond donors (Lipinski definition) is 0. The minimum absolute atomic E-state index is 0.141. The van der Waals surface area contributed by atoms with Crippen LogP contribution in [0.25, 0.3) is 22.6 Å². The fourth-order valence-electron chi connectivity index (χ4n) is 6.03. The van der Waals surface area contributed by atoms with Crippen molar-refractivity contribution in [2.24, 2.45) is 0 Å². The van der Waals surface area contributed by atoms with E-state index in [-0.39, 0.29) is 39.3 Å². The molecule has 7 rings (SSSR count). The van der Waals surface area contributed by atoms with Gasteiger partial charge in [0.2, 0.25) is 12.4 Å². The first-order chi connectivity index (χ1) is 26.4. The van der Waals surface area contributed by atoms with E-state index in [4.69, 9.17) is 28.1 Å². The number of hydrogen-bond acceptors (Lipinski definition) is 11. The molecular formula is C42H30N2O10. The average Bonchev–Trinajstić information content (AvgIpc) is 3.87. The monoisotopic (exact) mass is 722 g/mol. The Balaban J connectivity index is 1.42. The van der Waals surface area contributed by atoms with E-state index in [1.807, 2.05) is 6.07 Å². The number of nitriles is 1. The number of pyridine rings is 1. The van der Waals surface area contributed by atoms with Crippen LogP contribution in [0, 0.1) is 11.3 Å². The van der Waals surface area contributed by atoms with Gasteiger partial charge < -0.3 is 28.1 Å². The summed E-state index contributed by atoms with van der Waals surface area (Å²) in [5.41, 5.74) is 0.111. The lowest BCUT2D eigenvalue weighted by molar-refractivity contribution is -0.148. The fourth-order valence-corrected chi connectivity index (χ4v) is 6.03. The van der Waals surface area contributed by atoms with Crippen molar-refractivity contribution in [3.63, 3.8) is 0 Å². The van der Waals surface area contributed by atoms with Gasteiger partial charge >= 0.3 is 17.9 Å². The zero-order valence-electron chi connectivity index (χ0n) is 28.6. The Kier molecular flexibility index (Phi) is 10.1. The molecule has 4 aromatic carbocycles. The molecule has 2 aromatic heterocycles. The maximum Gasteiger partial charge on any atom is 0.340 e. The predicted molar refractivity (Wildman–Crippen MR) is 192 cm³/mol. The minimum atomic E-state index is -1.71. The Hall–Kier alpha value is -7.23. The second kappa shape index (κ2) is 15.6. The molecule has 0 spiro atoms. The molecule has 1 saturated heterocycles. The smallest absolute Gasteiger partial charge is 0.340 e. The lowest BCUT2D eigenvalue weighted by Gasteiger charge is -2.26. The van der Waals surface area contributed by atoms with Crippen molar-refractivity contribution < 1.29 is 42.5 Å². The number of benzene rings is 4. The van der Waals surface area contributed by atoms with Crippen LogP contribution in [0.3, 0.4) is 0 Å². The Morgan fingerprint density at radius 3 is 1.72 bits per heavy atom. The Morgan fingerprint density at radius 2 is 1.22 bits per heavy atom. The lowest BCUT2D eigenvalue weighted by atomic mass is 10.0. The Morgan fingerprint density at radius 1 is 0.685 bits per heavy atom. The molecule has 0 radical (unpaired) electrons. The van der Waals surface area contributed by atoms with Gasteiger partial charge in [-0.1, -0.05) is 54.6 Å². The van der Waals surface area contributed by atoms with Crippen molar-refractivity contribution >= 4 is 17.9 Å². The van der Waals surface area contributed by atoms with Gasteiger partial charge in [-0.05, 0) is 84.4 Å².